The zero-order chi connectivity index (χ0) is 11.9. The molecule has 8 heteroatoms. The average Bonchev–Trinajstić information content (AvgIpc) is 2.89. The second-order valence-corrected chi connectivity index (χ2v) is 4.12. The minimum atomic E-state index is 0.357. The van der Waals surface area contributed by atoms with Crippen molar-refractivity contribution in [2.75, 3.05) is 0 Å². The molecule has 0 saturated heterocycles. The van der Waals surface area contributed by atoms with E-state index in [9.17, 15) is 0 Å². The van der Waals surface area contributed by atoms with Gasteiger partial charge in [-0.3, -0.25) is 5.43 Å². The summed E-state index contributed by atoms with van der Waals surface area (Å²) in [5, 5.41) is 16.8. The van der Waals surface area contributed by atoms with E-state index in [0.29, 0.717) is 24.4 Å². The monoisotopic (exact) mass is 238 g/mol. The zero-order valence-corrected chi connectivity index (χ0v) is 9.69. The molecule has 0 radical (unpaired) electrons. The third-order valence-electron chi connectivity index (χ3n) is 2.85. The molecule has 0 spiro atoms. The molecule has 94 valence electrons. The number of hydrogen-bond donors (Lipinski definition) is 4. The number of nitrogens with one attached hydrogen (secondary N) is 3. The van der Waals surface area contributed by atoms with Crippen molar-refractivity contribution in [2.45, 2.75) is 44.7 Å². The Balaban J connectivity index is 1.84. The predicted octanol–water partition coefficient (Wildman–Crippen LogP) is -0.559. The lowest BCUT2D eigenvalue weighted by molar-refractivity contribution is 0.410. The van der Waals surface area contributed by atoms with Crippen molar-refractivity contribution >= 4 is 5.96 Å². The maximum absolute atomic E-state index is 5.42. The third-order valence-corrected chi connectivity index (χ3v) is 2.85. The highest BCUT2D eigenvalue weighted by Crippen LogP contribution is 2.17. The summed E-state index contributed by atoms with van der Waals surface area (Å²) >= 11 is 0. The minimum absolute atomic E-state index is 0.357. The Morgan fingerprint density at radius 2 is 2.24 bits per heavy atom. The molecule has 1 aliphatic rings. The first-order chi connectivity index (χ1) is 8.38. The molecule has 1 aliphatic carbocycles. The summed E-state index contributed by atoms with van der Waals surface area (Å²) in [4.78, 5) is 4.26. The van der Waals surface area contributed by atoms with Gasteiger partial charge in [-0.05, 0) is 12.8 Å². The number of nitrogens with two attached hydrogens (primary N) is 1. The van der Waals surface area contributed by atoms with Crippen LogP contribution >= 0.6 is 0 Å². The molecule has 0 aliphatic heterocycles. The maximum atomic E-state index is 5.42. The standard InChI is InChI=1S/C9H18N8/c10-13-9(11-6-8-14-16-17-15-8)12-7-4-2-1-3-5-7/h7H,1-6,10H2,(H2,11,12,13)(H,14,15,16,17). The van der Waals surface area contributed by atoms with Crippen LogP contribution in [-0.4, -0.2) is 32.6 Å². The van der Waals surface area contributed by atoms with Crippen LogP contribution in [0, 0.1) is 0 Å². The Morgan fingerprint density at radius 3 is 2.88 bits per heavy atom. The minimum Gasteiger partial charge on any atom is -0.353 e. The largest absolute Gasteiger partial charge is 0.353 e. The lowest BCUT2D eigenvalue weighted by atomic mass is 9.96. The number of aromatic nitrogens is 4. The van der Waals surface area contributed by atoms with Gasteiger partial charge in [0.2, 0.25) is 5.96 Å². The Hall–Kier alpha value is -1.70. The smallest absolute Gasteiger partial charge is 0.206 e. The van der Waals surface area contributed by atoms with Crippen LogP contribution in [0.25, 0.3) is 0 Å². The van der Waals surface area contributed by atoms with Gasteiger partial charge in [-0.25, -0.2) is 10.8 Å². The molecule has 2 rings (SSSR count). The van der Waals surface area contributed by atoms with Gasteiger partial charge in [-0.15, -0.1) is 10.2 Å². The molecule has 5 N–H and O–H groups in total. The fourth-order valence-corrected chi connectivity index (χ4v) is 1.97. The molecular formula is C9H18N8. The number of rotatable bonds is 3. The van der Waals surface area contributed by atoms with E-state index in [1.54, 1.807) is 0 Å². The van der Waals surface area contributed by atoms with Gasteiger partial charge in [0.25, 0.3) is 0 Å². The van der Waals surface area contributed by atoms with E-state index in [2.05, 4.69) is 36.4 Å². The number of hydrazine groups is 1. The summed E-state index contributed by atoms with van der Waals surface area (Å²) in [6.07, 6.45) is 6.19. The number of aromatic amines is 1. The summed E-state index contributed by atoms with van der Waals surface area (Å²) in [5.74, 6) is 6.55. The summed E-state index contributed by atoms with van der Waals surface area (Å²) < 4.78 is 0. The summed E-state index contributed by atoms with van der Waals surface area (Å²) in [6, 6.07) is 0.462. The molecule has 0 bridgehead atoms. The van der Waals surface area contributed by atoms with E-state index in [0.717, 1.165) is 0 Å². The third kappa shape index (κ3) is 3.66. The van der Waals surface area contributed by atoms with Crippen molar-refractivity contribution in [3.63, 3.8) is 0 Å². The Kier molecular flexibility index (Phi) is 4.25. The number of aliphatic imine (C=N–C) groups is 1. The highest BCUT2D eigenvalue weighted by Gasteiger charge is 2.14. The highest BCUT2D eigenvalue weighted by atomic mass is 15.5. The van der Waals surface area contributed by atoms with Crippen molar-refractivity contribution in [1.82, 2.24) is 31.4 Å². The molecule has 1 fully saturated rings. The van der Waals surface area contributed by atoms with Gasteiger partial charge >= 0.3 is 0 Å². The van der Waals surface area contributed by atoms with Crippen LogP contribution in [0.15, 0.2) is 4.99 Å². The van der Waals surface area contributed by atoms with Crippen LogP contribution < -0.4 is 16.6 Å². The van der Waals surface area contributed by atoms with Crippen molar-refractivity contribution in [1.29, 1.82) is 0 Å². The molecule has 0 atom stereocenters. The predicted molar refractivity (Wildman–Crippen MR) is 62.6 cm³/mol. The fraction of sp³-hybridized carbons (Fsp3) is 0.778. The number of guanidine groups is 1. The summed E-state index contributed by atoms with van der Waals surface area (Å²) in [6.45, 7) is 0.357. The normalized spacial score (nSPS) is 18.1. The molecule has 17 heavy (non-hydrogen) atoms. The molecule has 1 aromatic rings. The second-order valence-electron chi connectivity index (χ2n) is 4.12. The Labute approximate surface area is 99.4 Å². The molecule has 0 amide bonds. The molecule has 8 nitrogen and oxygen atoms in total. The van der Waals surface area contributed by atoms with Gasteiger partial charge in [0, 0.05) is 6.04 Å². The molecular weight excluding hydrogens is 220 g/mol. The van der Waals surface area contributed by atoms with E-state index >= 15 is 0 Å². The van der Waals surface area contributed by atoms with Crippen LogP contribution in [-0.2, 0) is 6.54 Å². The number of hydrogen-bond acceptors (Lipinski definition) is 5. The summed E-state index contributed by atoms with van der Waals surface area (Å²) in [7, 11) is 0. The first-order valence-electron chi connectivity index (χ1n) is 5.88. The van der Waals surface area contributed by atoms with Crippen LogP contribution in [0.2, 0.25) is 0 Å². The lowest BCUT2D eigenvalue weighted by Gasteiger charge is -2.24. The maximum Gasteiger partial charge on any atom is 0.206 e. The van der Waals surface area contributed by atoms with E-state index < -0.39 is 0 Å². The van der Waals surface area contributed by atoms with Gasteiger partial charge in [-0.2, -0.15) is 5.21 Å². The first-order valence-corrected chi connectivity index (χ1v) is 5.88. The van der Waals surface area contributed by atoms with Crippen LogP contribution in [0.5, 0.6) is 0 Å². The number of nitrogens with zero attached hydrogens (tertiary/aromatic N) is 4. The average molecular weight is 238 g/mol. The van der Waals surface area contributed by atoms with Gasteiger partial charge in [0.15, 0.2) is 5.82 Å². The molecule has 0 aromatic carbocycles. The SMILES string of the molecule is NNC(=NCc1nn[nH]n1)NC1CCCCC1. The van der Waals surface area contributed by atoms with E-state index in [4.69, 9.17) is 5.84 Å². The molecule has 1 saturated carbocycles. The van der Waals surface area contributed by atoms with Crippen molar-refractivity contribution < 1.29 is 0 Å². The molecule has 0 unspecified atom stereocenters. The van der Waals surface area contributed by atoms with Gasteiger partial charge in [0.1, 0.15) is 6.54 Å². The second kappa shape index (κ2) is 6.14. The lowest BCUT2D eigenvalue weighted by Crippen LogP contribution is -2.47. The highest BCUT2D eigenvalue weighted by molar-refractivity contribution is 5.79. The van der Waals surface area contributed by atoms with Crippen LogP contribution in [0.4, 0.5) is 0 Å². The number of tetrazole rings is 1. The van der Waals surface area contributed by atoms with E-state index in [1.807, 2.05) is 0 Å². The van der Waals surface area contributed by atoms with Crippen LogP contribution in [0.1, 0.15) is 37.9 Å². The quantitative estimate of drug-likeness (QED) is 0.243. The Bertz CT molecular complexity index is 340. The first kappa shape index (κ1) is 11.8. The van der Waals surface area contributed by atoms with Crippen molar-refractivity contribution in [2.24, 2.45) is 10.8 Å². The van der Waals surface area contributed by atoms with Crippen molar-refractivity contribution in [3.05, 3.63) is 5.82 Å². The molecule has 1 heterocycles. The van der Waals surface area contributed by atoms with Gasteiger partial charge in [0.05, 0.1) is 0 Å². The van der Waals surface area contributed by atoms with E-state index in [-0.39, 0.29) is 0 Å². The fourth-order valence-electron chi connectivity index (χ4n) is 1.97. The number of H-pyrrole nitrogens is 1. The zero-order valence-electron chi connectivity index (χ0n) is 9.69. The van der Waals surface area contributed by atoms with E-state index in [1.165, 1.54) is 32.1 Å². The van der Waals surface area contributed by atoms with Crippen molar-refractivity contribution in [3.8, 4) is 0 Å². The van der Waals surface area contributed by atoms with Gasteiger partial charge in [-0.1, -0.05) is 24.5 Å². The van der Waals surface area contributed by atoms with Crippen LogP contribution in [0.3, 0.4) is 0 Å². The molecule has 1 aromatic heterocycles. The summed E-state index contributed by atoms with van der Waals surface area (Å²) in [5.41, 5.74) is 2.56. The Morgan fingerprint density at radius 1 is 1.41 bits per heavy atom. The topological polar surface area (TPSA) is 117 Å². The van der Waals surface area contributed by atoms with Gasteiger partial charge < -0.3 is 5.32 Å².